The zero-order valence-electron chi connectivity index (χ0n) is 12.0. The van der Waals surface area contributed by atoms with Crippen LogP contribution in [0.5, 0.6) is 0 Å². The van der Waals surface area contributed by atoms with Crippen molar-refractivity contribution in [2.24, 2.45) is 0 Å². The van der Waals surface area contributed by atoms with Gasteiger partial charge in [-0.1, -0.05) is 0 Å². The van der Waals surface area contributed by atoms with E-state index in [1.54, 1.807) is 0 Å². The first-order valence-electron chi connectivity index (χ1n) is 6.25. The van der Waals surface area contributed by atoms with Gasteiger partial charge >= 0.3 is 24.2 Å². The molecule has 0 spiro atoms. The largest absolute Gasteiger partial charge is 0.459 e. The van der Waals surface area contributed by atoms with Crippen LogP contribution in [0.25, 0.3) is 0 Å². The molecule has 0 rings (SSSR count). The van der Waals surface area contributed by atoms with Crippen molar-refractivity contribution in [3.8, 4) is 0 Å². The molecule has 0 bridgehead atoms. The maximum Gasteiger partial charge on any atom is 0.411 e. The Balaban J connectivity index is 3.79. The van der Waals surface area contributed by atoms with Crippen LogP contribution in [-0.2, 0) is 23.7 Å². The molecule has 0 saturated carbocycles. The van der Waals surface area contributed by atoms with Crippen LogP contribution < -0.4 is 0 Å². The molecule has 0 aromatic carbocycles. The molecule has 0 saturated heterocycles. The summed E-state index contributed by atoms with van der Waals surface area (Å²) in [6, 6.07) is 0. The summed E-state index contributed by atoms with van der Waals surface area (Å²) in [4.78, 5) is 11.0. The summed E-state index contributed by atoms with van der Waals surface area (Å²) in [7, 11) is 0. The molecule has 0 N–H and O–H groups in total. The second-order valence-electron chi connectivity index (χ2n) is 4.23. The van der Waals surface area contributed by atoms with Crippen molar-refractivity contribution in [3.63, 3.8) is 0 Å². The highest BCUT2D eigenvalue weighted by Crippen LogP contribution is 2.17. The summed E-state index contributed by atoms with van der Waals surface area (Å²) in [5.41, 5.74) is 0. The second-order valence-corrected chi connectivity index (χ2v) is 4.23. The second kappa shape index (κ2) is 9.93. The van der Waals surface area contributed by atoms with Gasteiger partial charge in [0.15, 0.2) is 0 Å². The third kappa shape index (κ3) is 13.2. The van der Waals surface area contributed by atoms with E-state index < -0.39 is 70.5 Å². The van der Waals surface area contributed by atoms with Gasteiger partial charge in [0.2, 0.25) is 0 Å². The van der Waals surface area contributed by atoms with Gasteiger partial charge in [0, 0.05) is 0 Å². The first-order valence-corrected chi connectivity index (χ1v) is 6.25. The number of carbonyl (C=O) groups is 1. The minimum Gasteiger partial charge on any atom is -0.459 e. The third-order valence-corrected chi connectivity index (χ3v) is 1.95. The highest BCUT2D eigenvalue weighted by atomic mass is 19.4. The quantitative estimate of drug-likeness (QED) is 0.314. The molecule has 0 radical (unpaired) electrons. The Morgan fingerprint density at radius 3 is 1.42 bits per heavy atom. The predicted molar refractivity (Wildman–Crippen MR) is 60.5 cm³/mol. The molecule has 0 aliphatic carbocycles. The minimum atomic E-state index is -4.60. The lowest BCUT2D eigenvalue weighted by Gasteiger charge is -2.16. The fraction of sp³-hybridized carbons (Fsp3) is 0.909. The average molecular weight is 378 g/mol. The summed E-state index contributed by atoms with van der Waals surface area (Å²) >= 11 is 0. The smallest absolute Gasteiger partial charge is 0.411 e. The van der Waals surface area contributed by atoms with E-state index in [-0.39, 0.29) is 0 Å². The number of hydrogen-bond donors (Lipinski definition) is 0. The van der Waals surface area contributed by atoms with Crippen LogP contribution >= 0.6 is 0 Å². The molecule has 0 aliphatic heterocycles. The maximum absolute atomic E-state index is 13.2. The first-order chi connectivity index (χ1) is 10.8. The molecule has 5 nitrogen and oxygen atoms in total. The Bertz CT molecular complexity index is 368. The Labute approximate surface area is 130 Å². The highest BCUT2D eigenvalue weighted by Gasteiger charge is 2.41. The summed E-state index contributed by atoms with van der Waals surface area (Å²) in [5, 5.41) is 0. The van der Waals surface area contributed by atoms with Gasteiger partial charge in [-0.3, -0.25) is 0 Å². The van der Waals surface area contributed by atoms with Gasteiger partial charge in [0.05, 0.1) is 19.8 Å². The third-order valence-electron chi connectivity index (χ3n) is 1.95. The average Bonchev–Trinajstić information content (AvgIpc) is 2.39. The molecule has 0 heterocycles. The number of carbonyl (C=O) groups excluding carboxylic acids is 1. The summed E-state index contributed by atoms with van der Waals surface area (Å²) < 4.78 is 113. The standard InChI is InChI=1S/C11H14F8O5/c12-9(13,5-21-1-2-22-6-10(14,15)16)8(20)24-4-3-23-7-11(17,18)19/h1-7H2. The van der Waals surface area contributed by atoms with Crippen molar-refractivity contribution in [1.82, 2.24) is 0 Å². The number of esters is 1. The van der Waals surface area contributed by atoms with Crippen LogP contribution in [0.1, 0.15) is 0 Å². The molecule has 0 aromatic heterocycles. The van der Waals surface area contributed by atoms with Crippen LogP contribution in [-0.4, -0.2) is 70.5 Å². The van der Waals surface area contributed by atoms with Crippen LogP contribution in [0, 0.1) is 0 Å². The Morgan fingerprint density at radius 2 is 1.00 bits per heavy atom. The number of alkyl halides is 8. The van der Waals surface area contributed by atoms with Crippen LogP contribution in [0.3, 0.4) is 0 Å². The molecule has 0 fully saturated rings. The van der Waals surface area contributed by atoms with Gasteiger partial charge < -0.3 is 18.9 Å². The predicted octanol–water partition coefficient (Wildman–Crippen LogP) is 2.34. The Morgan fingerprint density at radius 1 is 0.625 bits per heavy atom. The van der Waals surface area contributed by atoms with Crippen molar-refractivity contribution in [2.45, 2.75) is 18.3 Å². The van der Waals surface area contributed by atoms with E-state index in [9.17, 15) is 39.9 Å². The summed E-state index contributed by atoms with van der Waals surface area (Å²) in [6.45, 7) is -7.52. The molecular formula is C11H14F8O5. The molecule has 0 unspecified atom stereocenters. The van der Waals surface area contributed by atoms with E-state index in [0.717, 1.165) is 0 Å². The van der Waals surface area contributed by atoms with Crippen molar-refractivity contribution < 1.29 is 58.9 Å². The lowest BCUT2D eigenvalue weighted by Crippen LogP contribution is -2.37. The van der Waals surface area contributed by atoms with E-state index >= 15 is 0 Å². The zero-order chi connectivity index (χ0) is 18.9. The maximum atomic E-state index is 13.2. The molecule has 13 heteroatoms. The molecule has 0 aliphatic rings. The number of rotatable bonds is 11. The fourth-order valence-corrected chi connectivity index (χ4v) is 1.05. The molecule has 0 aromatic rings. The Kier molecular flexibility index (Phi) is 9.43. The van der Waals surface area contributed by atoms with Crippen molar-refractivity contribution in [3.05, 3.63) is 0 Å². The first kappa shape index (κ1) is 22.8. The molecule has 144 valence electrons. The van der Waals surface area contributed by atoms with Gasteiger partial charge in [0.25, 0.3) is 0 Å². The summed E-state index contributed by atoms with van der Waals surface area (Å²) in [6.07, 6.45) is -9.17. The topological polar surface area (TPSA) is 54.0 Å². The number of hydrogen-bond acceptors (Lipinski definition) is 5. The molecule has 24 heavy (non-hydrogen) atoms. The molecule has 0 amide bonds. The number of ether oxygens (including phenoxy) is 4. The van der Waals surface area contributed by atoms with E-state index in [0.29, 0.717) is 0 Å². The highest BCUT2D eigenvalue weighted by molar-refractivity contribution is 5.77. The van der Waals surface area contributed by atoms with Crippen LogP contribution in [0.4, 0.5) is 35.1 Å². The van der Waals surface area contributed by atoms with Crippen LogP contribution in [0.15, 0.2) is 0 Å². The van der Waals surface area contributed by atoms with Crippen molar-refractivity contribution in [1.29, 1.82) is 0 Å². The van der Waals surface area contributed by atoms with E-state index in [1.165, 1.54) is 0 Å². The molecule has 0 atom stereocenters. The van der Waals surface area contributed by atoms with Crippen molar-refractivity contribution >= 4 is 5.97 Å². The van der Waals surface area contributed by atoms with Gasteiger partial charge in [-0.05, 0) is 0 Å². The van der Waals surface area contributed by atoms with Crippen molar-refractivity contribution in [2.75, 3.05) is 46.2 Å². The fourth-order valence-electron chi connectivity index (χ4n) is 1.05. The van der Waals surface area contributed by atoms with Gasteiger partial charge in [-0.15, -0.1) is 0 Å². The van der Waals surface area contributed by atoms with Crippen LogP contribution in [0.2, 0.25) is 0 Å². The number of halogens is 8. The zero-order valence-corrected chi connectivity index (χ0v) is 12.0. The monoisotopic (exact) mass is 378 g/mol. The summed E-state index contributed by atoms with van der Waals surface area (Å²) in [5.74, 6) is -6.18. The molecular weight excluding hydrogens is 364 g/mol. The van der Waals surface area contributed by atoms with E-state index in [1.807, 2.05) is 0 Å². The van der Waals surface area contributed by atoms with E-state index in [4.69, 9.17) is 0 Å². The minimum absolute atomic E-state index is 0.629. The normalized spacial score (nSPS) is 13.2. The van der Waals surface area contributed by atoms with E-state index in [2.05, 4.69) is 18.9 Å². The van der Waals surface area contributed by atoms with Gasteiger partial charge in [-0.2, -0.15) is 35.1 Å². The van der Waals surface area contributed by atoms with Gasteiger partial charge in [-0.25, -0.2) is 4.79 Å². The SMILES string of the molecule is O=C(OCCOCC(F)(F)F)C(F)(F)COCCOCC(F)(F)F. The lowest BCUT2D eigenvalue weighted by atomic mass is 10.4. The Hall–Kier alpha value is -1.21. The van der Waals surface area contributed by atoms with Gasteiger partial charge in [0.1, 0.15) is 26.4 Å². The lowest BCUT2D eigenvalue weighted by molar-refractivity contribution is -0.190.